The summed E-state index contributed by atoms with van der Waals surface area (Å²) < 4.78 is 0. The highest BCUT2D eigenvalue weighted by Gasteiger charge is 2.13. The van der Waals surface area contributed by atoms with E-state index in [9.17, 15) is 9.90 Å². The van der Waals surface area contributed by atoms with Gasteiger partial charge in [-0.05, 0) is 42.3 Å². The van der Waals surface area contributed by atoms with E-state index in [4.69, 9.17) is 11.6 Å². The largest absolute Gasteiger partial charge is 0.392 e. The van der Waals surface area contributed by atoms with Crippen LogP contribution in [0.25, 0.3) is 5.69 Å². The molecule has 1 heterocycles. The number of carbonyl (C=O) groups excluding carboxylic acids is 1. The standard InChI is InChI=1S/C17H15ClN4O2/c1-11-5-6-12(10-23)7-15(11)20-17(24)16-9-19-22(21-16)14-4-2-3-13(18)8-14/h2-9,23H,10H2,1H3,(H,20,24). The number of aliphatic hydroxyl groups excluding tert-OH is 1. The van der Waals surface area contributed by atoms with Crippen molar-refractivity contribution in [1.29, 1.82) is 0 Å². The van der Waals surface area contributed by atoms with Crippen molar-refractivity contribution in [2.75, 3.05) is 5.32 Å². The van der Waals surface area contributed by atoms with Gasteiger partial charge in [0, 0.05) is 10.7 Å². The van der Waals surface area contributed by atoms with E-state index >= 15 is 0 Å². The molecule has 0 aliphatic heterocycles. The zero-order valence-corrected chi connectivity index (χ0v) is 13.7. The van der Waals surface area contributed by atoms with Crippen molar-refractivity contribution in [2.24, 2.45) is 0 Å². The van der Waals surface area contributed by atoms with E-state index in [2.05, 4.69) is 15.5 Å². The Morgan fingerprint density at radius 1 is 1.29 bits per heavy atom. The van der Waals surface area contributed by atoms with E-state index in [1.54, 1.807) is 36.4 Å². The number of amides is 1. The van der Waals surface area contributed by atoms with Gasteiger partial charge in [0.15, 0.2) is 5.69 Å². The molecule has 3 aromatic rings. The van der Waals surface area contributed by atoms with Crippen molar-refractivity contribution in [1.82, 2.24) is 15.0 Å². The predicted octanol–water partition coefficient (Wildman–Crippen LogP) is 2.97. The zero-order valence-electron chi connectivity index (χ0n) is 12.9. The SMILES string of the molecule is Cc1ccc(CO)cc1NC(=O)c1cnn(-c2cccc(Cl)c2)n1. The minimum Gasteiger partial charge on any atom is -0.392 e. The number of aromatic nitrogens is 3. The number of aliphatic hydroxyl groups is 1. The first-order valence-electron chi connectivity index (χ1n) is 7.27. The van der Waals surface area contributed by atoms with E-state index in [0.29, 0.717) is 16.4 Å². The first-order chi connectivity index (χ1) is 11.6. The van der Waals surface area contributed by atoms with Crippen molar-refractivity contribution in [3.05, 3.63) is 70.5 Å². The molecule has 0 saturated heterocycles. The van der Waals surface area contributed by atoms with Gasteiger partial charge in [0.1, 0.15) is 0 Å². The summed E-state index contributed by atoms with van der Waals surface area (Å²) in [5.74, 6) is -0.374. The lowest BCUT2D eigenvalue weighted by Gasteiger charge is -2.08. The van der Waals surface area contributed by atoms with E-state index in [-0.39, 0.29) is 18.2 Å². The topological polar surface area (TPSA) is 80.0 Å². The number of rotatable bonds is 4. The highest BCUT2D eigenvalue weighted by Crippen LogP contribution is 2.18. The summed E-state index contributed by atoms with van der Waals surface area (Å²) in [7, 11) is 0. The molecule has 0 unspecified atom stereocenters. The summed E-state index contributed by atoms with van der Waals surface area (Å²) >= 11 is 5.95. The third-order valence-corrected chi connectivity index (χ3v) is 3.73. The second kappa shape index (κ2) is 6.82. The highest BCUT2D eigenvalue weighted by atomic mass is 35.5. The Balaban J connectivity index is 1.82. The van der Waals surface area contributed by atoms with E-state index in [0.717, 1.165) is 11.1 Å². The second-order valence-corrected chi connectivity index (χ2v) is 5.70. The molecule has 3 rings (SSSR count). The molecular formula is C17H15ClN4O2. The molecular weight excluding hydrogens is 328 g/mol. The second-order valence-electron chi connectivity index (χ2n) is 5.26. The smallest absolute Gasteiger partial charge is 0.277 e. The molecule has 0 fully saturated rings. The molecule has 2 N–H and O–H groups in total. The maximum absolute atomic E-state index is 12.4. The van der Waals surface area contributed by atoms with Crippen LogP contribution in [-0.4, -0.2) is 26.0 Å². The van der Waals surface area contributed by atoms with Gasteiger partial charge in [-0.25, -0.2) is 0 Å². The first-order valence-corrected chi connectivity index (χ1v) is 7.64. The van der Waals surface area contributed by atoms with E-state index in [1.807, 2.05) is 13.0 Å². The molecule has 122 valence electrons. The Morgan fingerprint density at radius 2 is 2.12 bits per heavy atom. The van der Waals surface area contributed by atoms with Crippen LogP contribution in [0.4, 0.5) is 5.69 Å². The van der Waals surface area contributed by atoms with Crippen LogP contribution in [0, 0.1) is 6.92 Å². The predicted molar refractivity (Wildman–Crippen MR) is 91.4 cm³/mol. The molecule has 0 atom stereocenters. The first kappa shape index (κ1) is 16.2. The van der Waals surface area contributed by atoms with Crippen LogP contribution in [0.15, 0.2) is 48.7 Å². The quantitative estimate of drug-likeness (QED) is 0.764. The maximum Gasteiger partial charge on any atom is 0.277 e. The van der Waals surface area contributed by atoms with Gasteiger partial charge in [-0.3, -0.25) is 4.79 Å². The lowest BCUT2D eigenvalue weighted by atomic mass is 10.1. The Bertz CT molecular complexity index is 892. The molecule has 1 aromatic heterocycles. The molecule has 1 amide bonds. The van der Waals surface area contributed by atoms with E-state index in [1.165, 1.54) is 11.0 Å². The van der Waals surface area contributed by atoms with Crippen molar-refractivity contribution < 1.29 is 9.90 Å². The number of benzene rings is 2. The average Bonchev–Trinajstić information content (AvgIpc) is 3.07. The van der Waals surface area contributed by atoms with Gasteiger partial charge in [-0.2, -0.15) is 9.90 Å². The van der Waals surface area contributed by atoms with Gasteiger partial charge >= 0.3 is 0 Å². The summed E-state index contributed by atoms with van der Waals surface area (Å²) in [5.41, 5.74) is 3.09. The van der Waals surface area contributed by atoms with Gasteiger partial charge < -0.3 is 10.4 Å². The highest BCUT2D eigenvalue weighted by molar-refractivity contribution is 6.30. The molecule has 2 aromatic carbocycles. The van der Waals surface area contributed by atoms with Crippen molar-refractivity contribution in [3.63, 3.8) is 0 Å². The van der Waals surface area contributed by atoms with Gasteiger partial charge in [0.25, 0.3) is 5.91 Å². The van der Waals surface area contributed by atoms with Crippen LogP contribution < -0.4 is 5.32 Å². The summed E-state index contributed by atoms with van der Waals surface area (Å²) in [6.07, 6.45) is 1.39. The lowest BCUT2D eigenvalue weighted by molar-refractivity contribution is 0.102. The zero-order chi connectivity index (χ0) is 17.1. The summed E-state index contributed by atoms with van der Waals surface area (Å²) in [6, 6.07) is 12.4. The Kier molecular flexibility index (Phi) is 4.59. The van der Waals surface area contributed by atoms with Crippen LogP contribution in [0.2, 0.25) is 5.02 Å². The molecule has 0 spiro atoms. The van der Waals surface area contributed by atoms with Gasteiger partial charge in [-0.15, -0.1) is 5.10 Å². The van der Waals surface area contributed by atoms with Gasteiger partial charge in [0.2, 0.25) is 0 Å². The molecule has 6 nitrogen and oxygen atoms in total. The third kappa shape index (κ3) is 3.45. The van der Waals surface area contributed by atoms with E-state index < -0.39 is 0 Å². The van der Waals surface area contributed by atoms with Crippen molar-refractivity contribution in [3.8, 4) is 5.69 Å². The molecule has 0 radical (unpaired) electrons. The van der Waals surface area contributed by atoms with Gasteiger partial charge in [0.05, 0.1) is 18.5 Å². The Hall–Kier alpha value is -2.70. The summed E-state index contributed by atoms with van der Waals surface area (Å²) in [6.45, 7) is 1.79. The molecule has 7 heteroatoms. The molecule has 0 aliphatic rings. The van der Waals surface area contributed by atoms with Gasteiger partial charge in [-0.1, -0.05) is 29.8 Å². The number of anilines is 1. The van der Waals surface area contributed by atoms with Crippen LogP contribution in [0.1, 0.15) is 21.6 Å². The van der Waals surface area contributed by atoms with Crippen molar-refractivity contribution in [2.45, 2.75) is 13.5 Å². The fourth-order valence-electron chi connectivity index (χ4n) is 2.18. The number of nitrogens with zero attached hydrogens (tertiary/aromatic N) is 3. The third-order valence-electron chi connectivity index (χ3n) is 3.50. The summed E-state index contributed by atoms with van der Waals surface area (Å²) in [4.78, 5) is 13.7. The Labute approximate surface area is 143 Å². The fraction of sp³-hybridized carbons (Fsp3) is 0.118. The molecule has 0 aliphatic carbocycles. The Morgan fingerprint density at radius 3 is 2.88 bits per heavy atom. The van der Waals surface area contributed by atoms with Crippen LogP contribution in [0.5, 0.6) is 0 Å². The van der Waals surface area contributed by atoms with Crippen LogP contribution in [0.3, 0.4) is 0 Å². The maximum atomic E-state index is 12.4. The molecule has 0 saturated carbocycles. The molecule has 24 heavy (non-hydrogen) atoms. The minimum absolute atomic E-state index is 0.0892. The normalized spacial score (nSPS) is 10.6. The number of carbonyl (C=O) groups is 1. The van der Waals surface area contributed by atoms with Crippen molar-refractivity contribution >= 4 is 23.2 Å². The molecule has 0 bridgehead atoms. The van der Waals surface area contributed by atoms with Crippen LogP contribution in [-0.2, 0) is 6.61 Å². The number of hydrogen-bond donors (Lipinski definition) is 2. The summed E-state index contributed by atoms with van der Waals surface area (Å²) in [5, 5.41) is 20.8. The monoisotopic (exact) mass is 342 g/mol. The number of halogens is 1. The average molecular weight is 343 g/mol. The minimum atomic E-state index is -0.374. The number of aryl methyl sites for hydroxylation is 1. The van der Waals surface area contributed by atoms with Crippen LogP contribution >= 0.6 is 11.6 Å². The fourth-order valence-corrected chi connectivity index (χ4v) is 2.37. The number of nitrogens with one attached hydrogen (secondary N) is 1. The number of hydrogen-bond acceptors (Lipinski definition) is 4. The lowest BCUT2D eigenvalue weighted by Crippen LogP contribution is -2.14.